The number of fused-ring (bicyclic) bond motifs is 1. The Hall–Kier alpha value is -2.71. The van der Waals surface area contributed by atoms with Gasteiger partial charge in [0.2, 0.25) is 0 Å². The Bertz CT molecular complexity index is 1240. The molecular formula is C24H26FN3O3S. The zero-order chi connectivity index (χ0) is 22.3. The second kappa shape index (κ2) is 8.33. The summed E-state index contributed by atoms with van der Waals surface area (Å²) in [6.07, 6.45) is 6.55. The first-order valence-corrected chi connectivity index (χ1v) is 12.5. The summed E-state index contributed by atoms with van der Waals surface area (Å²) in [5, 5.41) is 0.599. The molecule has 1 aromatic heterocycles. The molecule has 0 atom stereocenters. The molecule has 0 radical (unpaired) electrons. The summed E-state index contributed by atoms with van der Waals surface area (Å²) >= 11 is 0. The van der Waals surface area contributed by atoms with Crippen molar-refractivity contribution in [3.63, 3.8) is 0 Å². The Balaban J connectivity index is 1.41. The number of piperazine rings is 1. The van der Waals surface area contributed by atoms with E-state index in [2.05, 4.69) is 4.90 Å². The van der Waals surface area contributed by atoms with Gasteiger partial charge in [-0.2, -0.15) is 0 Å². The monoisotopic (exact) mass is 455 g/mol. The minimum absolute atomic E-state index is 0.00355. The van der Waals surface area contributed by atoms with Crippen molar-refractivity contribution in [2.24, 2.45) is 0 Å². The SMILES string of the molecule is O=C(c1cccc2c1ccn2S(=O)(=O)c1ccc(F)cc1)N1CCN(C2CCCC2)CC1. The summed E-state index contributed by atoms with van der Waals surface area (Å²) in [5.74, 6) is -0.569. The van der Waals surface area contributed by atoms with Gasteiger partial charge in [0, 0.05) is 49.4 Å². The maximum atomic E-state index is 13.3. The smallest absolute Gasteiger partial charge is 0.268 e. The highest BCUT2D eigenvalue weighted by atomic mass is 32.2. The van der Waals surface area contributed by atoms with Crippen LogP contribution in [0.5, 0.6) is 0 Å². The highest BCUT2D eigenvalue weighted by Gasteiger charge is 2.29. The van der Waals surface area contributed by atoms with E-state index < -0.39 is 15.8 Å². The Morgan fingerprint density at radius 3 is 2.28 bits per heavy atom. The first-order chi connectivity index (χ1) is 15.4. The average molecular weight is 456 g/mol. The molecule has 3 aromatic rings. The number of benzene rings is 2. The fourth-order valence-electron chi connectivity index (χ4n) is 4.99. The fraction of sp³-hybridized carbons (Fsp3) is 0.375. The molecule has 1 amide bonds. The highest BCUT2D eigenvalue weighted by Crippen LogP contribution is 2.28. The van der Waals surface area contributed by atoms with Gasteiger partial charge in [-0.15, -0.1) is 0 Å². The van der Waals surface area contributed by atoms with Crippen LogP contribution < -0.4 is 0 Å². The molecule has 1 saturated carbocycles. The Morgan fingerprint density at radius 1 is 0.906 bits per heavy atom. The van der Waals surface area contributed by atoms with Crippen LogP contribution in [-0.2, 0) is 10.0 Å². The van der Waals surface area contributed by atoms with Crippen LogP contribution in [0.2, 0.25) is 0 Å². The lowest BCUT2D eigenvalue weighted by Crippen LogP contribution is -2.51. The van der Waals surface area contributed by atoms with Crippen molar-refractivity contribution in [3.8, 4) is 0 Å². The molecule has 0 bridgehead atoms. The summed E-state index contributed by atoms with van der Waals surface area (Å²) in [5.41, 5.74) is 0.939. The molecule has 0 unspecified atom stereocenters. The van der Waals surface area contributed by atoms with E-state index in [1.165, 1.54) is 44.0 Å². The van der Waals surface area contributed by atoms with Crippen LogP contribution in [0.15, 0.2) is 59.6 Å². The number of halogens is 1. The molecule has 0 spiro atoms. The fourth-order valence-corrected chi connectivity index (χ4v) is 6.34. The largest absolute Gasteiger partial charge is 0.336 e. The van der Waals surface area contributed by atoms with Gasteiger partial charge in [0.1, 0.15) is 5.82 Å². The van der Waals surface area contributed by atoms with E-state index in [9.17, 15) is 17.6 Å². The third-order valence-corrected chi connectivity index (χ3v) is 8.44. The molecule has 6 nitrogen and oxygen atoms in total. The average Bonchev–Trinajstić information content (AvgIpc) is 3.49. The molecule has 5 rings (SSSR count). The number of carbonyl (C=O) groups is 1. The van der Waals surface area contributed by atoms with Crippen LogP contribution in [0.25, 0.3) is 10.9 Å². The molecule has 2 fully saturated rings. The van der Waals surface area contributed by atoms with Gasteiger partial charge in [-0.3, -0.25) is 9.69 Å². The van der Waals surface area contributed by atoms with Crippen LogP contribution >= 0.6 is 0 Å². The molecule has 1 aliphatic carbocycles. The van der Waals surface area contributed by atoms with Gasteiger partial charge in [0.15, 0.2) is 0 Å². The Labute approximate surface area is 187 Å². The van der Waals surface area contributed by atoms with Crippen molar-refractivity contribution in [2.45, 2.75) is 36.6 Å². The van der Waals surface area contributed by atoms with Crippen molar-refractivity contribution in [1.82, 2.24) is 13.8 Å². The lowest BCUT2D eigenvalue weighted by Gasteiger charge is -2.38. The van der Waals surface area contributed by atoms with Crippen molar-refractivity contribution in [2.75, 3.05) is 26.2 Å². The number of hydrogen-bond donors (Lipinski definition) is 0. The van der Waals surface area contributed by atoms with Gasteiger partial charge < -0.3 is 4.90 Å². The number of rotatable bonds is 4. The van der Waals surface area contributed by atoms with E-state index in [4.69, 9.17) is 0 Å². The third kappa shape index (κ3) is 3.71. The van der Waals surface area contributed by atoms with Crippen LogP contribution in [0.3, 0.4) is 0 Å². The molecule has 2 heterocycles. The van der Waals surface area contributed by atoms with Gasteiger partial charge in [0.25, 0.3) is 15.9 Å². The number of aromatic nitrogens is 1. The first kappa shape index (κ1) is 21.2. The van der Waals surface area contributed by atoms with E-state index >= 15 is 0 Å². The maximum Gasteiger partial charge on any atom is 0.268 e. The number of amides is 1. The van der Waals surface area contributed by atoms with Gasteiger partial charge in [-0.05, 0) is 55.3 Å². The molecule has 32 heavy (non-hydrogen) atoms. The minimum atomic E-state index is -3.90. The number of hydrogen-bond acceptors (Lipinski definition) is 4. The van der Waals surface area contributed by atoms with Crippen molar-refractivity contribution in [3.05, 3.63) is 66.1 Å². The molecule has 8 heteroatoms. The second-order valence-electron chi connectivity index (χ2n) is 8.58. The highest BCUT2D eigenvalue weighted by molar-refractivity contribution is 7.90. The maximum absolute atomic E-state index is 13.3. The first-order valence-electron chi connectivity index (χ1n) is 11.1. The van der Waals surface area contributed by atoms with Crippen LogP contribution in [-0.4, -0.2) is 60.3 Å². The zero-order valence-electron chi connectivity index (χ0n) is 17.8. The molecule has 168 valence electrons. The molecule has 2 aromatic carbocycles. The number of nitrogens with zero attached hydrogens (tertiary/aromatic N) is 3. The van der Waals surface area contributed by atoms with Crippen molar-refractivity contribution >= 4 is 26.8 Å². The molecule has 0 N–H and O–H groups in total. The quantitative estimate of drug-likeness (QED) is 0.602. The van der Waals surface area contributed by atoms with Crippen LogP contribution in [0, 0.1) is 5.82 Å². The second-order valence-corrected chi connectivity index (χ2v) is 10.4. The van der Waals surface area contributed by atoms with E-state index in [1.54, 1.807) is 24.3 Å². The summed E-state index contributed by atoms with van der Waals surface area (Å²) in [6, 6.07) is 12.2. The Morgan fingerprint density at radius 2 is 1.59 bits per heavy atom. The lowest BCUT2D eigenvalue weighted by atomic mass is 10.1. The van der Waals surface area contributed by atoms with Gasteiger partial charge >= 0.3 is 0 Å². The molecule has 1 aliphatic heterocycles. The molecule has 1 saturated heterocycles. The topological polar surface area (TPSA) is 62.6 Å². The van der Waals surface area contributed by atoms with E-state index in [1.807, 2.05) is 4.90 Å². The normalized spacial score (nSPS) is 18.5. The van der Waals surface area contributed by atoms with E-state index in [-0.39, 0.29) is 10.8 Å². The van der Waals surface area contributed by atoms with Gasteiger partial charge in [0.05, 0.1) is 10.4 Å². The summed E-state index contributed by atoms with van der Waals surface area (Å²) < 4.78 is 40.6. The van der Waals surface area contributed by atoms with Gasteiger partial charge in [-0.25, -0.2) is 16.8 Å². The molecule has 2 aliphatic rings. The Kier molecular flexibility index (Phi) is 5.51. The van der Waals surface area contributed by atoms with E-state index in [0.717, 1.165) is 29.2 Å². The standard InChI is InChI=1S/C24H26FN3O3S/c25-18-8-10-20(11-9-18)32(30,31)28-13-12-21-22(6-3-7-23(21)28)24(29)27-16-14-26(15-17-27)19-4-1-2-5-19/h3,6-13,19H,1-2,4-5,14-17H2. The van der Waals surface area contributed by atoms with E-state index in [0.29, 0.717) is 35.6 Å². The summed E-state index contributed by atoms with van der Waals surface area (Å²) in [7, 11) is -3.90. The summed E-state index contributed by atoms with van der Waals surface area (Å²) in [6.45, 7) is 3.12. The molecular weight excluding hydrogens is 429 g/mol. The van der Waals surface area contributed by atoms with Crippen LogP contribution in [0.1, 0.15) is 36.0 Å². The van der Waals surface area contributed by atoms with Gasteiger partial charge in [-0.1, -0.05) is 18.9 Å². The van der Waals surface area contributed by atoms with Crippen molar-refractivity contribution in [1.29, 1.82) is 0 Å². The third-order valence-electron chi connectivity index (χ3n) is 6.74. The minimum Gasteiger partial charge on any atom is -0.336 e. The summed E-state index contributed by atoms with van der Waals surface area (Å²) in [4.78, 5) is 17.7. The van der Waals surface area contributed by atoms with Crippen molar-refractivity contribution < 1.29 is 17.6 Å². The number of carbonyl (C=O) groups excluding carboxylic acids is 1. The zero-order valence-corrected chi connectivity index (χ0v) is 18.6. The predicted molar refractivity (Wildman–Crippen MR) is 121 cm³/mol. The lowest BCUT2D eigenvalue weighted by molar-refractivity contribution is 0.0575. The predicted octanol–water partition coefficient (Wildman–Crippen LogP) is 3.72. The van der Waals surface area contributed by atoms with Crippen LogP contribution in [0.4, 0.5) is 4.39 Å².